The number of amides is 1. The van der Waals surface area contributed by atoms with Crippen molar-refractivity contribution in [2.24, 2.45) is 10.8 Å². The van der Waals surface area contributed by atoms with E-state index in [-0.39, 0.29) is 29.1 Å². The zero-order valence-corrected chi connectivity index (χ0v) is 16.0. The van der Waals surface area contributed by atoms with E-state index in [2.05, 4.69) is 34.8 Å². The van der Waals surface area contributed by atoms with Crippen molar-refractivity contribution in [3.63, 3.8) is 0 Å². The highest BCUT2D eigenvalue weighted by atomic mass is 35.5. The molecule has 1 aromatic heterocycles. The highest BCUT2D eigenvalue weighted by Gasteiger charge is 2.67. The zero-order valence-electron chi connectivity index (χ0n) is 15.2. The molecule has 26 heavy (non-hydrogen) atoms. The molecular formula is C20H27ClN4O. The minimum atomic E-state index is -0.188. The molecule has 1 saturated heterocycles. The Labute approximate surface area is 161 Å². The molecule has 2 N–H and O–H groups in total. The summed E-state index contributed by atoms with van der Waals surface area (Å²) in [4.78, 5) is 12.9. The van der Waals surface area contributed by atoms with Crippen molar-refractivity contribution in [1.82, 2.24) is 20.4 Å². The Hall–Kier alpha value is -1.85. The number of halogens is 1. The van der Waals surface area contributed by atoms with Crippen LogP contribution in [0.4, 0.5) is 0 Å². The Kier molecular flexibility index (Phi) is 5.39. The van der Waals surface area contributed by atoms with Gasteiger partial charge in [0.15, 0.2) is 0 Å². The number of hydrogen-bond acceptors (Lipinski definition) is 3. The highest BCUT2D eigenvalue weighted by molar-refractivity contribution is 5.86. The van der Waals surface area contributed by atoms with Crippen LogP contribution in [0.5, 0.6) is 0 Å². The van der Waals surface area contributed by atoms with Crippen molar-refractivity contribution in [1.29, 1.82) is 0 Å². The molecule has 1 unspecified atom stereocenters. The van der Waals surface area contributed by atoms with Crippen LogP contribution in [0.1, 0.15) is 37.3 Å². The first-order valence-corrected chi connectivity index (χ1v) is 9.16. The third-order valence-electron chi connectivity index (χ3n) is 6.25. The molecule has 140 valence electrons. The van der Waals surface area contributed by atoms with Crippen LogP contribution in [-0.2, 0) is 17.9 Å². The SMILES string of the molecule is CC1(C(=O)NCc2ccccc2Cn2cccn2)CC12CCNCC2.Cl. The van der Waals surface area contributed by atoms with E-state index < -0.39 is 0 Å². The number of hydrogen-bond donors (Lipinski definition) is 2. The lowest BCUT2D eigenvalue weighted by Crippen LogP contribution is -2.38. The molecule has 2 aliphatic rings. The molecule has 0 bridgehead atoms. The molecule has 1 aromatic carbocycles. The van der Waals surface area contributed by atoms with Gasteiger partial charge in [0.2, 0.25) is 5.91 Å². The van der Waals surface area contributed by atoms with Crippen molar-refractivity contribution in [2.45, 2.75) is 39.3 Å². The number of aromatic nitrogens is 2. The van der Waals surface area contributed by atoms with E-state index in [0.29, 0.717) is 6.54 Å². The largest absolute Gasteiger partial charge is 0.352 e. The van der Waals surface area contributed by atoms with Gasteiger partial charge in [0.1, 0.15) is 0 Å². The van der Waals surface area contributed by atoms with E-state index in [4.69, 9.17) is 0 Å². The Morgan fingerprint density at radius 2 is 1.96 bits per heavy atom. The molecule has 1 spiro atoms. The fourth-order valence-corrected chi connectivity index (χ4v) is 4.41. The highest BCUT2D eigenvalue weighted by Crippen LogP contribution is 2.68. The summed E-state index contributed by atoms with van der Waals surface area (Å²) in [5.41, 5.74) is 2.40. The predicted molar refractivity (Wildman–Crippen MR) is 104 cm³/mol. The lowest BCUT2D eigenvalue weighted by molar-refractivity contribution is -0.127. The van der Waals surface area contributed by atoms with Gasteiger partial charge in [0.25, 0.3) is 0 Å². The average Bonchev–Trinajstić information content (AvgIpc) is 2.99. The lowest BCUT2D eigenvalue weighted by Gasteiger charge is -2.27. The quantitative estimate of drug-likeness (QED) is 0.846. The first-order chi connectivity index (χ1) is 12.1. The van der Waals surface area contributed by atoms with Gasteiger partial charge in [-0.15, -0.1) is 12.4 Å². The number of rotatable bonds is 5. The van der Waals surface area contributed by atoms with Gasteiger partial charge < -0.3 is 10.6 Å². The van der Waals surface area contributed by atoms with Gasteiger partial charge in [-0.05, 0) is 55.0 Å². The maximum Gasteiger partial charge on any atom is 0.226 e. The van der Waals surface area contributed by atoms with Crippen LogP contribution >= 0.6 is 12.4 Å². The van der Waals surface area contributed by atoms with Gasteiger partial charge in [0.05, 0.1) is 12.0 Å². The number of carbonyl (C=O) groups excluding carboxylic acids is 1. The molecular weight excluding hydrogens is 348 g/mol. The maximum atomic E-state index is 12.9. The van der Waals surface area contributed by atoms with Gasteiger partial charge in [-0.3, -0.25) is 9.48 Å². The number of nitrogens with zero attached hydrogens (tertiary/aromatic N) is 2. The van der Waals surface area contributed by atoms with Gasteiger partial charge in [0, 0.05) is 18.9 Å². The number of carbonyl (C=O) groups is 1. The average molecular weight is 375 g/mol. The van der Waals surface area contributed by atoms with Crippen LogP contribution < -0.4 is 10.6 Å². The fourth-order valence-electron chi connectivity index (χ4n) is 4.41. The summed E-state index contributed by atoms with van der Waals surface area (Å²) < 4.78 is 1.91. The Bertz CT molecular complexity index is 755. The van der Waals surface area contributed by atoms with Crippen molar-refractivity contribution in [3.05, 3.63) is 53.9 Å². The minimum Gasteiger partial charge on any atom is -0.352 e. The molecule has 2 fully saturated rings. The van der Waals surface area contributed by atoms with E-state index >= 15 is 0 Å². The summed E-state index contributed by atoms with van der Waals surface area (Å²) in [6, 6.07) is 10.2. The van der Waals surface area contributed by atoms with E-state index in [9.17, 15) is 4.79 Å². The Morgan fingerprint density at radius 3 is 2.65 bits per heavy atom. The molecule has 1 saturated carbocycles. The summed E-state index contributed by atoms with van der Waals surface area (Å²) in [7, 11) is 0. The van der Waals surface area contributed by atoms with Gasteiger partial charge in [-0.1, -0.05) is 31.2 Å². The third-order valence-corrected chi connectivity index (χ3v) is 6.25. The first kappa shape index (κ1) is 18.9. The van der Waals surface area contributed by atoms with E-state index in [1.807, 2.05) is 29.1 Å². The molecule has 2 aromatic rings. The van der Waals surface area contributed by atoms with Crippen LogP contribution in [0.2, 0.25) is 0 Å². The molecule has 1 aliphatic heterocycles. The van der Waals surface area contributed by atoms with Crippen LogP contribution in [0, 0.1) is 10.8 Å². The van der Waals surface area contributed by atoms with Crippen LogP contribution in [0.15, 0.2) is 42.7 Å². The van der Waals surface area contributed by atoms with E-state index in [1.54, 1.807) is 6.20 Å². The van der Waals surface area contributed by atoms with Crippen molar-refractivity contribution in [3.8, 4) is 0 Å². The Balaban J connectivity index is 0.00000196. The molecule has 4 rings (SSSR count). The van der Waals surface area contributed by atoms with Gasteiger partial charge >= 0.3 is 0 Å². The number of nitrogens with one attached hydrogen (secondary N) is 2. The van der Waals surface area contributed by atoms with Crippen molar-refractivity contribution >= 4 is 18.3 Å². The summed E-state index contributed by atoms with van der Waals surface area (Å²) >= 11 is 0. The van der Waals surface area contributed by atoms with E-state index in [0.717, 1.165) is 44.5 Å². The molecule has 2 heterocycles. The third kappa shape index (κ3) is 3.38. The second kappa shape index (κ2) is 7.41. The molecule has 1 atom stereocenters. The molecule has 1 amide bonds. The number of benzene rings is 1. The fraction of sp³-hybridized carbons (Fsp3) is 0.500. The van der Waals surface area contributed by atoms with Gasteiger partial charge in [-0.25, -0.2) is 0 Å². The maximum absolute atomic E-state index is 12.9. The minimum absolute atomic E-state index is 0. The predicted octanol–water partition coefficient (Wildman–Crippen LogP) is 2.75. The van der Waals surface area contributed by atoms with Crippen LogP contribution in [0.25, 0.3) is 0 Å². The smallest absolute Gasteiger partial charge is 0.226 e. The monoisotopic (exact) mass is 374 g/mol. The van der Waals surface area contributed by atoms with Crippen molar-refractivity contribution in [2.75, 3.05) is 13.1 Å². The van der Waals surface area contributed by atoms with Gasteiger partial charge in [-0.2, -0.15) is 5.10 Å². The van der Waals surface area contributed by atoms with Crippen molar-refractivity contribution < 1.29 is 4.79 Å². The molecule has 5 nitrogen and oxygen atoms in total. The molecule has 0 radical (unpaired) electrons. The second-order valence-corrected chi connectivity index (χ2v) is 7.69. The summed E-state index contributed by atoms with van der Waals surface area (Å²) in [6.45, 7) is 5.53. The molecule has 1 aliphatic carbocycles. The second-order valence-electron chi connectivity index (χ2n) is 7.69. The van der Waals surface area contributed by atoms with E-state index in [1.165, 1.54) is 5.56 Å². The lowest BCUT2D eigenvalue weighted by atomic mass is 9.85. The normalized spacial score (nSPS) is 23.3. The van der Waals surface area contributed by atoms with Crippen LogP contribution in [0.3, 0.4) is 0 Å². The Morgan fingerprint density at radius 1 is 1.23 bits per heavy atom. The summed E-state index contributed by atoms with van der Waals surface area (Å²) in [5.74, 6) is 0.211. The standard InChI is InChI=1S/C20H26N4O.ClH/c1-19(15-20(19)7-10-21-11-8-20)18(25)22-13-16-5-2-3-6-17(16)14-24-12-4-9-23-24;/h2-6,9,12,21H,7-8,10-11,13-15H2,1H3,(H,22,25);1H. The molecule has 6 heteroatoms. The zero-order chi connectivity index (χ0) is 17.3. The first-order valence-electron chi connectivity index (χ1n) is 9.16. The number of piperidine rings is 1. The topological polar surface area (TPSA) is 59.0 Å². The summed E-state index contributed by atoms with van der Waals surface area (Å²) in [5, 5.41) is 10.9. The summed E-state index contributed by atoms with van der Waals surface area (Å²) in [6.07, 6.45) is 7.01. The van der Waals surface area contributed by atoms with Crippen LogP contribution in [-0.4, -0.2) is 28.8 Å².